The minimum Gasteiger partial charge on any atom is -0.451 e. The summed E-state index contributed by atoms with van der Waals surface area (Å²) in [7, 11) is 0. The molecule has 1 aromatic rings. The first-order valence-electron chi connectivity index (χ1n) is 5.22. The molecule has 1 aliphatic heterocycles. The number of benzene rings is 1. The van der Waals surface area contributed by atoms with Gasteiger partial charge in [-0.1, -0.05) is 31.5 Å². The van der Waals surface area contributed by atoms with Gasteiger partial charge >= 0.3 is 5.97 Å². The van der Waals surface area contributed by atoms with E-state index < -0.39 is 12.2 Å². The number of esters is 1. The Morgan fingerprint density at radius 3 is 2.93 bits per heavy atom. The quantitative estimate of drug-likeness (QED) is 0.770. The van der Waals surface area contributed by atoms with Crippen LogP contribution < -0.4 is 0 Å². The maximum atomic E-state index is 11.5. The van der Waals surface area contributed by atoms with Crippen LogP contribution in [-0.4, -0.2) is 17.2 Å². The molecular formula is C12H14O3. The Hall–Kier alpha value is -1.35. The van der Waals surface area contributed by atoms with Gasteiger partial charge in [-0.2, -0.15) is 0 Å². The summed E-state index contributed by atoms with van der Waals surface area (Å²) in [6, 6.07) is 7.22. The second-order valence-corrected chi connectivity index (χ2v) is 3.77. The highest BCUT2D eigenvalue weighted by Gasteiger charge is 2.34. The molecule has 0 aromatic heterocycles. The van der Waals surface area contributed by atoms with E-state index in [-0.39, 0.29) is 5.97 Å². The van der Waals surface area contributed by atoms with Gasteiger partial charge in [-0.05, 0) is 12.5 Å². The summed E-state index contributed by atoms with van der Waals surface area (Å²) in [5.74, 6) is -0.328. The van der Waals surface area contributed by atoms with Crippen molar-refractivity contribution in [2.75, 3.05) is 0 Å². The van der Waals surface area contributed by atoms with E-state index in [4.69, 9.17) is 4.74 Å². The summed E-state index contributed by atoms with van der Waals surface area (Å²) in [6.07, 6.45) is 0.445. The predicted molar refractivity (Wildman–Crippen MR) is 55.5 cm³/mol. The highest BCUT2D eigenvalue weighted by Crippen LogP contribution is 2.34. The van der Waals surface area contributed by atoms with Crippen LogP contribution in [0.5, 0.6) is 0 Å². The maximum absolute atomic E-state index is 11.5. The lowest BCUT2D eigenvalue weighted by Crippen LogP contribution is -2.18. The van der Waals surface area contributed by atoms with Crippen LogP contribution in [0.4, 0.5) is 0 Å². The first kappa shape index (κ1) is 10.2. The molecule has 2 atom stereocenters. The van der Waals surface area contributed by atoms with Gasteiger partial charge in [0.15, 0.2) is 6.10 Å². The van der Waals surface area contributed by atoms with Gasteiger partial charge < -0.3 is 9.84 Å². The fourth-order valence-electron chi connectivity index (χ4n) is 1.91. The van der Waals surface area contributed by atoms with E-state index in [0.717, 1.165) is 12.0 Å². The molecule has 0 aliphatic carbocycles. The molecule has 1 aromatic carbocycles. The van der Waals surface area contributed by atoms with E-state index in [0.29, 0.717) is 12.0 Å². The SMILES string of the molecule is CCCC(O)[C@@H]1OC(=O)c2ccccc21. The zero-order valence-corrected chi connectivity index (χ0v) is 8.64. The zero-order chi connectivity index (χ0) is 10.8. The largest absolute Gasteiger partial charge is 0.451 e. The monoisotopic (exact) mass is 206 g/mol. The minimum absolute atomic E-state index is 0.328. The van der Waals surface area contributed by atoms with E-state index in [9.17, 15) is 9.90 Å². The molecule has 1 N–H and O–H groups in total. The number of hydrogen-bond donors (Lipinski definition) is 1. The van der Waals surface area contributed by atoms with Gasteiger partial charge in [0.25, 0.3) is 0 Å². The average molecular weight is 206 g/mol. The molecule has 2 rings (SSSR count). The molecule has 0 fully saturated rings. The average Bonchev–Trinajstić information content (AvgIpc) is 2.58. The van der Waals surface area contributed by atoms with Gasteiger partial charge in [0.05, 0.1) is 11.7 Å². The Balaban J connectivity index is 2.28. The third-order valence-electron chi connectivity index (χ3n) is 2.66. The number of hydrogen-bond acceptors (Lipinski definition) is 3. The predicted octanol–water partition coefficient (Wildman–Crippen LogP) is 2.06. The molecule has 3 nitrogen and oxygen atoms in total. The molecule has 3 heteroatoms. The van der Waals surface area contributed by atoms with Crippen LogP contribution in [0.1, 0.15) is 41.8 Å². The van der Waals surface area contributed by atoms with Crippen molar-refractivity contribution < 1.29 is 14.6 Å². The van der Waals surface area contributed by atoms with Crippen molar-refractivity contribution in [2.24, 2.45) is 0 Å². The molecular weight excluding hydrogens is 192 g/mol. The maximum Gasteiger partial charge on any atom is 0.339 e. The van der Waals surface area contributed by atoms with Gasteiger partial charge in [0.2, 0.25) is 0 Å². The first-order valence-corrected chi connectivity index (χ1v) is 5.22. The summed E-state index contributed by atoms with van der Waals surface area (Å²) < 4.78 is 5.16. The summed E-state index contributed by atoms with van der Waals surface area (Å²) in [6.45, 7) is 1.99. The van der Waals surface area contributed by atoms with Gasteiger partial charge in [-0.25, -0.2) is 4.79 Å². The molecule has 1 aliphatic rings. The zero-order valence-electron chi connectivity index (χ0n) is 8.64. The van der Waals surface area contributed by atoms with E-state index >= 15 is 0 Å². The standard InChI is InChI=1S/C12H14O3/c1-2-5-10(13)11-8-6-3-4-7-9(8)12(14)15-11/h3-4,6-7,10-11,13H,2,5H2,1H3/t10?,11-/m1/s1. The Bertz CT molecular complexity index is 373. The van der Waals surface area contributed by atoms with Crippen LogP contribution in [0.15, 0.2) is 24.3 Å². The second kappa shape index (κ2) is 4.03. The molecule has 0 saturated heterocycles. The minimum atomic E-state index is -0.595. The van der Waals surface area contributed by atoms with E-state index in [1.54, 1.807) is 12.1 Å². The lowest BCUT2D eigenvalue weighted by Gasteiger charge is -2.17. The number of carbonyl (C=O) groups excluding carboxylic acids is 1. The van der Waals surface area contributed by atoms with E-state index in [1.807, 2.05) is 19.1 Å². The third-order valence-corrected chi connectivity index (χ3v) is 2.66. The molecule has 1 unspecified atom stereocenters. The molecule has 0 bridgehead atoms. The van der Waals surface area contributed by atoms with Gasteiger partial charge in [0.1, 0.15) is 0 Å². The lowest BCUT2D eigenvalue weighted by atomic mass is 9.99. The fraction of sp³-hybridized carbons (Fsp3) is 0.417. The highest BCUT2D eigenvalue weighted by molar-refractivity contribution is 5.94. The number of carbonyl (C=O) groups is 1. The smallest absolute Gasteiger partial charge is 0.339 e. The van der Waals surface area contributed by atoms with Crippen molar-refractivity contribution in [1.82, 2.24) is 0 Å². The topological polar surface area (TPSA) is 46.5 Å². The Kier molecular flexibility index (Phi) is 2.73. The summed E-state index contributed by atoms with van der Waals surface area (Å²) in [4.78, 5) is 11.5. The van der Waals surface area contributed by atoms with Crippen molar-refractivity contribution in [1.29, 1.82) is 0 Å². The van der Waals surface area contributed by atoms with Crippen molar-refractivity contribution in [2.45, 2.75) is 32.0 Å². The number of aliphatic hydroxyl groups is 1. The van der Waals surface area contributed by atoms with Crippen LogP contribution >= 0.6 is 0 Å². The van der Waals surface area contributed by atoms with Gasteiger partial charge in [0, 0.05) is 5.56 Å². The van der Waals surface area contributed by atoms with E-state index in [2.05, 4.69) is 0 Å². The Labute approximate surface area is 88.7 Å². The number of aliphatic hydroxyl groups excluding tert-OH is 1. The third kappa shape index (κ3) is 1.75. The molecule has 0 radical (unpaired) electrons. The van der Waals surface area contributed by atoms with Crippen molar-refractivity contribution >= 4 is 5.97 Å². The lowest BCUT2D eigenvalue weighted by molar-refractivity contribution is -0.0122. The molecule has 0 amide bonds. The fourth-order valence-corrected chi connectivity index (χ4v) is 1.91. The number of ether oxygens (including phenoxy) is 1. The molecule has 0 saturated carbocycles. The summed E-state index contributed by atoms with van der Waals surface area (Å²) in [5.41, 5.74) is 1.39. The molecule has 1 heterocycles. The van der Waals surface area contributed by atoms with Crippen LogP contribution in [0.3, 0.4) is 0 Å². The first-order chi connectivity index (χ1) is 7.24. The molecule has 80 valence electrons. The Morgan fingerprint density at radius 2 is 2.20 bits per heavy atom. The van der Waals surface area contributed by atoms with E-state index in [1.165, 1.54) is 0 Å². The van der Waals surface area contributed by atoms with Crippen molar-refractivity contribution in [3.05, 3.63) is 35.4 Å². The van der Waals surface area contributed by atoms with Crippen molar-refractivity contribution in [3.8, 4) is 0 Å². The second-order valence-electron chi connectivity index (χ2n) is 3.77. The highest BCUT2D eigenvalue weighted by atomic mass is 16.6. The number of fused-ring (bicyclic) bond motifs is 1. The normalized spacial score (nSPS) is 20.9. The summed E-state index contributed by atoms with van der Waals surface area (Å²) >= 11 is 0. The molecule has 0 spiro atoms. The Morgan fingerprint density at radius 1 is 1.47 bits per heavy atom. The van der Waals surface area contributed by atoms with Crippen LogP contribution in [0, 0.1) is 0 Å². The van der Waals surface area contributed by atoms with Gasteiger partial charge in [-0.3, -0.25) is 0 Å². The van der Waals surface area contributed by atoms with Crippen LogP contribution in [-0.2, 0) is 4.74 Å². The van der Waals surface area contributed by atoms with Gasteiger partial charge in [-0.15, -0.1) is 0 Å². The molecule has 15 heavy (non-hydrogen) atoms. The number of cyclic esters (lactones) is 1. The van der Waals surface area contributed by atoms with Crippen LogP contribution in [0.2, 0.25) is 0 Å². The summed E-state index contributed by atoms with van der Waals surface area (Å²) in [5, 5.41) is 9.84. The number of rotatable bonds is 3. The van der Waals surface area contributed by atoms with Crippen molar-refractivity contribution in [3.63, 3.8) is 0 Å². The van der Waals surface area contributed by atoms with Crippen LogP contribution in [0.25, 0.3) is 0 Å².